The second-order valence-corrected chi connectivity index (χ2v) is 5.68. The van der Waals surface area contributed by atoms with Crippen molar-refractivity contribution in [3.05, 3.63) is 90.0 Å². The summed E-state index contributed by atoms with van der Waals surface area (Å²) in [5.74, 6) is -0.213. The molecule has 2 rings (SSSR count). The molecule has 0 aromatic heterocycles. The van der Waals surface area contributed by atoms with Crippen LogP contribution in [0, 0.1) is 0 Å². The van der Waals surface area contributed by atoms with E-state index < -0.39 is 5.97 Å². The van der Waals surface area contributed by atoms with Crippen molar-refractivity contribution >= 4 is 11.9 Å². The fourth-order valence-electron chi connectivity index (χ4n) is 2.43. The molecule has 0 heterocycles. The molecule has 2 aromatic carbocycles. The maximum atomic E-state index is 12.3. The van der Waals surface area contributed by atoms with Crippen LogP contribution in [-0.2, 0) is 14.3 Å². The summed E-state index contributed by atoms with van der Waals surface area (Å²) in [5, 5.41) is 2.91. The van der Waals surface area contributed by atoms with Gasteiger partial charge >= 0.3 is 5.97 Å². The first-order chi connectivity index (χ1) is 13.1. The summed E-state index contributed by atoms with van der Waals surface area (Å²) in [6.07, 6.45) is 6.32. The third-order valence-electron chi connectivity index (χ3n) is 3.77. The Hall–Kier alpha value is -3.34. The molecular weight excluding hydrogens is 342 g/mol. The predicted molar refractivity (Wildman–Crippen MR) is 104 cm³/mol. The minimum absolute atomic E-state index is 0.349. The van der Waals surface area contributed by atoms with Gasteiger partial charge < -0.3 is 14.8 Å². The lowest BCUT2D eigenvalue weighted by Crippen LogP contribution is -2.32. The van der Waals surface area contributed by atoms with Crippen molar-refractivity contribution in [3.63, 3.8) is 0 Å². The third kappa shape index (κ3) is 6.47. The molecule has 0 aliphatic heterocycles. The summed E-state index contributed by atoms with van der Waals surface area (Å²) in [7, 11) is 1.60. The smallest absolute Gasteiger partial charge is 0.331 e. The largest absolute Gasteiger partial charge is 0.497 e. The van der Waals surface area contributed by atoms with Crippen LogP contribution >= 0.6 is 0 Å². The van der Waals surface area contributed by atoms with Gasteiger partial charge in [-0.15, -0.1) is 0 Å². The van der Waals surface area contributed by atoms with Crippen LogP contribution in [-0.4, -0.2) is 25.6 Å². The fourth-order valence-corrected chi connectivity index (χ4v) is 2.43. The number of allylic oxidation sites excluding steroid dienone is 3. The van der Waals surface area contributed by atoms with Gasteiger partial charge in [0.2, 0.25) is 0 Å². The number of amides is 1. The first kappa shape index (κ1) is 20.0. The zero-order valence-electron chi connectivity index (χ0n) is 15.4. The number of carbonyl (C=O) groups is 2. The molecule has 0 radical (unpaired) electrons. The Labute approximate surface area is 159 Å². The highest BCUT2D eigenvalue weighted by Crippen LogP contribution is 2.24. The van der Waals surface area contributed by atoms with E-state index >= 15 is 0 Å². The second kappa shape index (κ2) is 10.6. The molecule has 0 unspecified atom stereocenters. The van der Waals surface area contributed by atoms with Crippen LogP contribution in [0.25, 0.3) is 0 Å². The number of hydrogen-bond donors (Lipinski definition) is 1. The lowest BCUT2D eigenvalue weighted by Gasteiger charge is -2.20. The first-order valence-electron chi connectivity index (χ1n) is 8.58. The summed E-state index contributed by atoms with van der Waals surface area (Å²) in [5.41, 5.74) is 1.82. The Morgan fingerprint density at radius 2 is 1.67 bits per heavy atom. The summed E-state index contributed by atoms with van der Waals surface area (Å²) in [6, 6.07) is 16.7. The minimum Gasteiger partial charge on any atom is -0.497 e. The van der Waals surface area contributed by atoms with Crippen molar-refractivity contribution in [3.8, 4) is 5.75 Å². The van der Waals surface area contributed by atoms with Crippen molar-refractivity contribution in [1.82, 2.24) is 5.32 Å². The van der Waals surface area contributed by atoms with E-state index in [9.17, 15) is 9.59 Å². The maximum absolute atomic E-state index is 12.3. The molecule has 2 aromatic rings. The Morgan fingerprint density at radius 1 is 1.00 bits per heavy atom. The highest BCUT2D eigenvalue weighted by Gasteiger charge is 2.17. The van der Waals surface area contributed by atoms with Crippen molar-refractivity contribution in [2.45, 2.75) is 13.0 Å². The highest BCUT2D eigenvalue weighted by atomic mass is 16.5. The first-order valence-corrected chi connectivity index (χ1v) is 8.58. The number of esters is 1. The Morgan fingerprint density at radius 3 is 2.30 bits per heavy atom. The van der Waals surface area contributed by atoms with Gasteiger partial charge in [0, 0.05) is 6.08 Å². The predicted octanol–water partition coefficient (Wildman–Crippen LogP) is 3.58. The molecule has 0 spiro atoms. The fraction of sp³-hybridized carbons (Fsp3) is 0.182. The number of benzene rings is 2. The van der Waals surface area contributed by atoms with E-state index in [0.29, 0.717) is 0 Å². The van der Waals surface area contributed by atoms with Gasteiger partial charge in [-0.1, -0.05) is 60.7 Å². The van der Waals surface area contributed by atoms with Crippen molar-refractivity contribution in [1.29, 1.82) is 0 Å². The van der Waals surface area contributed by atoms with Crippen LogP contribution < -0.4 is 10.1 Å². The molecule has 1 atom stereocenters. The van der Waals surface area contributed by atoms with Crippen LogP contribution in [0.4, 0.5) is 0 Å². The van der Waals surface area contributed by atoms with Gasteiger partial charge in [0.05, 0.1) is 13.2 Å². The molecule has 0 bridgehead atoms. The van der Waals surface area contributed by atoms with E-state index in [1.54, 1.807) is 25.3 Å². The van der Waals surface area contributed by atoms with Gasteiger partial charge in [-0.2, -0.15) is 0 Å². The summed E-state index contributed by atoms with van der Waals surface area (Å²) in [4.78, 5) is 23.9. The van der Waals surface area contributed by atoms with E-state index in [0.717, 1.165) is 16.9 Å². The molecule has 5 heteroatoms. The topological polar surface area (TPSA) is 64.6 Å². The second-order valence-electron chi connectivity index (χ2n) is 5.68. The lowest BCUT2D eigenvalue weighted by atomic mass is 9.98. The quantitative estimate of drug-likeness (QED) is 0.441. The average molecular weight is 365 g/mol. The molecule has 0 fully saturated rings. The average Bonchev–Trinajstić information content (AvgIpc) is 2.71. The molecule has 5 nitrogen and oxygen atoms in total. The molecule has 27 heavy (non-hydrogen) atoms. The standard InChI is InChI=1S/C22H23NO4/c1-3-4-6-11-21(25)27-16-20(24)23-22(17-9-7-5-8-10-17)18-12-14-19(26-2)15-13-18/h3-15,22H,16H2,1-2H3,(H,23,24)/b4-3+,11-6+/t22-/m1/s1. The number of hydrogen-bond acceptors (Lipinski definition) is 4. The van der Waals surface area contributed by atoms with Crippen LogP contribution in [0.15, 0.2) is 78.9 Å². The zero-order chi connectivity index (χ0) is 19.5. The van der Waals surface area contributed by atoms with Gasteiger partial charge in [0.15, 0.2) is 6.61 Å². The van der Waals surface area contributed by atoms with Crippen molar-refractivity contribution in [2.75, 3.05) is 13.7 Å². The Balaban J connectivity index is 2.07. The van der Waals surface area contributed by atoms with E-state index in [2.05, 4.69) is 5.32 Å². The summed E-state index contributed by atoms with van der Waals surface area (Å²) >= 11 is 0. The van der Waals surface area contributed by atoms with E-state index in [1.807, 2.05) is 61.5 Å². The number of nitrogens with one attached hydrogen (secondary N) is 1. The van der Waals surface area contributed by atoms with Crippen LogP contribution in [0.1, 0.15) is 24.1 Å². The number of ether oxygens (including phenoxy) is 2. The van der Waals surface area contributed by atoms with Gasteiger partial charge in [0.25, 0.3) is 5.91 Å². The van der Waals surface area contributed by atoms with Gasteiger partial charge in [0.1, 0.15) is 5.75 Å². The van der Waals surface area contributed by atoms with Gasteiger partial charge in [-0.3, -0.25) is 4.79 Å². The molecule has 1 amide bonds. The molecule has 0 aliphatic rings. The van der Waals surface area contributed by atoms with Crippen LogP contribution in [0.3, 0.4) is 0 Å². The molecule has 140 valence electrons. The zero-order valence-corrected chi connectivity index (χ0v) is 15.4. The van der Waals surface area contributed by atoms with Gasteiger partial charge in [-0.05, 0) is 30.2 Å². The van der Waals surface area contributed by atoms with Gasteiger partial charge in [-0.25, -0.2) is 4.79 Å². The monoisotopic (exact) mass is 365 g/mol. The van der Waals surface area contributed by atoms with E-state index in [4.69, 9.17) is 9.47 Å². The minimum atomic E-state index is -0.566. The SMILES string of the molecule is C/C=C/C=C/C(=O)OCC(=O)N[C@H](c1ccccc1)c1ccc(OC)cc1. The van der Waals surface area contributed by atoms with E-state index in [-0.39, 0.29) is 18.6 Å². The Kier molecular flexibility index (Phi) is 7.85. The Bertz CT molecular complexity index is 795. The van der Waals surface area contributed by atoms with Crippen molar-refractivity contribution in [2.24, 2.45) is 0 Å². The van der Waals surface area contributed by atoms with Crippen LogP contribution in [0.2, 0.25) is 0 Å². The summed E-state index contributed by atoms with van der Waals surface area (Å²) in [6.45, 7) is 1.49. The highest BCUT2D eigenvalue weighted by molar-refractivity contribution is 5.86. The normalized spacial score (nSPS) is 12.1. The molecule has 0 aliphatic carbocycles. The summed E-state index contributed by atoms with van der Waals surface area (Å²) < 4.78 is 10.2. The third-order valence-corrected chi connectivity index (χ3v) is 3.77. The van der Waals surface area contributed by atoms with Crippen molar-refractivity contribution < 1.29 is 19.1 Å². The molecule has 0 saturated heterocycles. The van der Waals surface area contributed by atoms with Crippen LogP contribution in [0.5, 0.6) is 5.75 Å². The number of methoxy groups -OCH3 is 1. The molecule has 1 N–H and O–H groups in total. The number of carbonyl (C=O) groups excluding carboxylic acids is 2. The lowest BCUT2D eigenvalue weighted by molar-refractivity contribution is -0.144. The molecular formula is C22H23NO4. The van der Waals surface area contributed by atoms with E-state index in [1.165, 1.54) is 6.08 Å². The maximum Gasteiger partial charge on any atom is 0.331 e. The molecule has 0 saturated carbocycles. The number of rotatable bonds is 8.